The van der Waals surface area contributed by atoms with Crippen LogP contribution in [0.25, 0.3) is 0 Å². The number of carboxylic acid groups (broad SMARTS) is 1. The molecule has 1 aliphatic carbocycles. The van der Waals surface area contributed by atoms with E-state index < -0.39 is 5.97 Å². The van der Waals surface area contributed by atoms with Gasteiger partial charge in [0, 0.05) is 6.04 Å². The van der Waals surface area contributed by atoms with Crippen LogP contribution in [0.15, 0.2) is 18.2 Å². The normalized spacial score (nSPS) is 23.0. The van der Waals surface area contributed by atoms with Crippen LogP contribution in [0.4, 0.5) is 10.5 Å². The molecule has 3 N–H and O–H groups in total. The number of carboxylic acids is 1. The zero-order valence-corrected chi connectivity index (χ0v) is 12.7. The molecule has 2 aliphatic rings. The summed E-state index contributed by atoms with van der Waals surface area (Å²) < 4.78 is 11.0. The molecule has 7 nitrogen and oxygen atoms in total. The Bertz CT molecular complexity index is 596. The molecule has 1 aliphatic heterocycles. The number of rotatable bonds is 3. The number of hydrogen-bond acceptors (Lipinski definition) is 4. The predicted molar refractivity (Wildman–Crippen MR) is 83.0 cm³/mol. The fourth-order valence-electron chi connectivity index (χ4n) is 3.00. The highest BCUT2D eigenvalue weighted by Gasteiger charge is 2.27. The van der Waals surface area contributed by atoms with Crippen molar-refractivity contribution in [3.05, 3.63) is 18.2 Å². The van der Waals surface area contributed by atoms with Gasteiger partial charge in [0.1, 0.15) is 13.2 Å². The molecular weight excluding hydrogens is 300 g/mol. The van der Waals surface area contributed by atoms with Crippen molar-refractivity contribution < 1.29 is 24.2 Å². The molecule has 1 aromatic carbocycles. The van der Waals surface area contributed by atoms with Gasteiger partial charge in [-0.2, -0.15) is 0 Å². The minimum atomic E-state index is -0.749. The van der Waals surface area contributed by atoms with Crippen LogP contribution in [-0.2, 0) is 4.79 Å². The first kappa shape index (κ1) is 15.5. The minimum Gasteiger partial charge on any atom is -0.486 e. The third-order valence-electron chi connectivity index (χ3n) is 4.23. The molecule has 0 radical (unpaired) electrons. The molecule has 23 heavy (non-hydrogen) atoms. The van der Waals surface area contributed by atoms with E-state index in [-0.39, 0.29) is 18.0 Å². The first-order valence-electron chi connectivity index (χ1n) is 7.82. The van der Waals surface area contributed by atoms with Crippen molar-refractivity contribution in [3.8, 4) is 11.5 Å². The minimum absolute atomic E-state index is 0.00214. The van der Waals surface area contributed by atoms with Gasteiger partial charge in [0.15, 0.2) is 11.5 Å². The molecule has 0 bridgehead atoms. The number of hydrogen-bond donors (Lipinski definition) is 3. The number of benzene rings is 1. The summed E-state index contributed by atoms with van der Waals surface area (Å²) in [5.74, 6) is 0.128. The zero-order valence-electron chi connectivity index (χ0n) is 12.7. The summed E-state index contributed by atoms with van der Waals surface area (Å²) in [4.78, 5) is 23.1. The topological polar surface area (TPSA) is 96.9 Å². The number of ether oxygens (including phenoxy) is 2. The quantitative estimate of drug-likeness (QED) is 0.793. The third kappa shape index (κ3) is 3.67. The highest BCUT2D eigenvalue weighted by Crippen LogP contribution is 2.37. The van der Waals surface area contributed by atoms with Crippen LogP contribution in [0, 0.1) is 5.92 Å². The van der Waals surface area contributed by atoms with Gasteiger partial charge in [0.25, 0.3) is 0 Å². The van der Waals surface area contributed by atoms with E-state index in [2.05, 4.69) is 10.6 Å². The maximum atomic E-state index is 12.1. The number of amides is 2. The van der Waals surface area contributed by atoms with E-state index in [1.807, 2.05) is 0 Å². The van der Waals surface area contributed by atoms with E-state index in [9.17, 15) is 9.59 Å². The van der Waals surface area contributed by atoms with Crippen LogP contribution < -0.4 is 20.1 Å². The molecule has 1 saturated carbocycles. The number of fused-ring (bicyclic) bond motifs is 1. The monoisotopic (exact) mass is 320 g/mol. The first-order chi connectivity index (χ1) is 11.1. The van der Waals surface area contributed by atoms with Crippen molar-refractivity contribution in [2.24, 2.45) is 5.92 Å². The predicted octanol–water partition coefficient (Wildman–Crippen LogP) is 2.22. The van der Waals surface area contributed by atoms with Gasteiger partial charge in [-0.15, -0.1) is 0 Å². The Hall–Kier alpha value is -2.44. The Balaban J connectivity index is 1.55. The van der Waals surface area contributed by atoms with Gasteiger partial charge < -0.3 is 25.2 Å². The van der Waals surface area contributed by atoms with Crippen molar-refractivity contribution in [1.82, 2.24) is 5.32 Å². The second-order valence-corrected chi connectivity index (χ2v) is 5.82. The van der Waals surface area contributed by atoms with E-state index in [4.69, 9.17) is 14.6 Å². The first-order valence-corrected chi connectivity index (χ1v) is 7.82. The van der Waals surface area contributed by atoms with Crippen LogP contribution in [0.2, 0.25) is 0 Å². The van der Waals surface area contributed by atoms with Crippen LogP contribution in [0.3, 0.4) is 0 Å². The number of nitrogens with one attached hydrogen (secondary N) is 2. The summed E-state index contributed by atoms with van der Waals surface area (Å²) in [7, 11) is 0. The average molecular weight is 320 g/mol. The van der Waals surface area contributed by atoms with Crippen molar-refractivity contribution in [3.63, 3.8) is 0 Å². The Morgan fingerprint density at radius 3 is 2.57 bits per heavy atom. The van der Waals surface area contributed by atoms with Gasteiger partial charge in [-0.3, -0.25) is 4.79 Å². The van der Waals surface area contributed by atoms with Crippen molar-refractivity contribution in [2.45, 2.75) is 31.7 Å². The molecular formula is C16H20N2O5. The number of para-hydroxylation sites is 1. The molecule has 0 unspecified atom stereocenters. The summed E-state index contributed by atoms with van der Waals surface area (Å²) in [5, 5.41) is 14.7. The molecule has 7 heteroatoms. The fourth-order valence-corrected chi connectivity index (χ4v) is 3.00. The SMILES string of the molecule is O=C(Nc1cccc2c1OCCO2)NC1CCC(C(=O)O)CC1. The van der Waals surface area contributed by atoms with Gasteiger partial charge >= 0.3 is 12.0 Å². The molecule has 0 aromatic heterocycles. The lowest BCUT2D eigenvalue weighted by Crippen LogP contribution is -2.41. The van der Waals surface area contributed by atoms with Crippen molar-refractivity contribution >= 4 is 17.7 Å². The lowest BCUT2D eigenvalue weighted by atomic mass is 9.86. The molecule has 0 saturated heterocycles. The molecule has 1 aromatic rings. The summed E-state index contributed by atoms with van der Waals surface area (Å²) in [5.41, 5.74) is 0.568. The Morgan fingerprint density at radius 2 is 1.83 bits per heavy atom. The number of anilines is 1. The smallest absolute Gasteiger partial charge is 0.319 e. The van der Waals surface area contributed by atoms with E-state index in [1.165, 1.54) is 0 Å². The van der Waals surface area contributed by atoms with Gasteiger partial charge in [-0.25, -0.2) is 4.79 Å². The van der Waals surface area contributed by atoms with Gasteiger partial charge in [0.05, 0.1) is 11.6 Å². The second-order valence-electron chi connectivity index (χ2n) is 5.82. The second kappa shape index (κ2) is 6.76. The van der Waals surface area contributed by atoms with E-state index >= 15 is 0 Å². The van der Waals surface area contributed by atoms with Gasteiger partial charge in [0.2, 0.25) is 0 Å². The molecule has 0 atom stereocenters. The summed E-state index contributed by atoms with van der Waals surface area (Å²) >= 11 is 0. The molecule has 1 heterocycles. The summed E-state index contributed by atoms with van der Waals surface area (Å²) in [6, 6.07) is 5.04. The van der Waals surface area contributed by atoms with Crippen molar-refractivity contribution in [1.29, 1.82) is 0 Å². The van der Waals surface area contributed by atoms with Gasteiger partial charge in [-0.1, -0.05) is 6.07 Å². The Kier molecular flexibility index (Phi) is 4.55. The average Bonchev–Trinajstić information content (AvgIpc) is 2.55. The van der Waals surface area contributed by atoms with E-state index in [1.54, 1.807) is 18.2 Å². The molecule has 2 amide bonds. The van der Waals surface area contributed by atoms with Crippen LogP contribution in [0.1, 0.15) is 25.7 Å². The number of carbonyl (C=O) groups is 2. The maximum Gasteiger partial charge on any atom is 0.319 e. The number of aliphatic carboxylic acids is 1. The summed E-state index contributed by atoms with van der Waals surface area (Å²) in [6.07, 6.45) is 2.55. The van der Waals surface area contributed by atoms with Crippen LogP contribution >= 0.6 is 0 Å². The van der Waals surface area contributed by atoms with Crippen molar-refractivity contribution in [2.75, 3.05) is 18.5 Å². The molecule has 3 rings (SSSR count). The summed E-state index contributed by atoms with van der Waals surface area (Å²) in [6.45, 7) is 0.946. The number of carbonyl (C=O) groups excluding carboxylic acids is 1. The highest BCUT2D eigenvalue weighted by atomic mass is 16.6. The number of urea groups is 1. The van der Waals surface area contributed by atoms with Gasteiger partial charge in [-0.05, 0) is 37.8 Å². The lowest BCUT2D eigenvalue weighted by molar-refractivity contribution is -0.142. The standard InChI is InChI=1S/C16H20N2O5/c19-15(20)10-4-6-11(7-5-10)17-16(21)18-12-2-1-3-13-14(12)23-9-8-22-13/h1-3,10-11H,4-9H2,(H,19,20)(H2,17,18,21). The lowest BCUT2D eigenvalue weighted by Gasteiger charge is -2.27. The zero-order chi connectivity index (χ0) is 16.2. The third-order valence-corrected chi connectivity index (χ3v) is 4.23. The fraction of sp³-hybridized carbons (Fsp3) is 0.500. The molecule has 1 fully saturated rings. The maximum absolute atomic E-state index is 12.1. The largest absolute Gasteiger partial charge is 0.486 e. The van der Waals surface area contributed by atoms with Crippen LogP contribution in [-0.4, -0.2) is 36.4 Å². The van der Waals surface area contributed by atoms with Crippen LogP contribution in [0.5, 0.6) is 11.5 Å². The molecule has 124 valence electrons. The molecule has 0 spiro atoms. The highest BCUT2D eigenvalue weighted by molar-refractivity contribution is 5.91. The van der Waals surface area contributed by atoms with E-state index in [0.29, 0.717) is 56.1 Å². The van der Waals surface area contributed by atoms with E-state index in [0.717, 1.165) is 0 Å². The Labute approximate surface area is 134 Å². The Morgan fingerprint density at radius 1 is 1.09 bits per heavy atom.